The van der Waals surface area contributed by atoms with E-state index >= 15 is 0 Å². The SMILES string of the molecule is CC(C)OC(=O)Oc1ccccc1C(=O)NC1=NCC(S)S1. The number of amidine groups is 1. The first-order chi connectivity index (χ1) is 10.5. The fourth-order valence-electron chi connectivity index (χ4n) is 1.65. The van der Waals surface area contributed by atoms with Gasteiger partial charge in [0.1, 0.15) is 5.75 Å². The minimum atomic E-state index is -0.849. The predicted octanol–water partition coefficient (Wildman–Crippen LogP) is 2.70. The molecule has 0 spiro atoms. The molecule has 0 radical (unpaired) electrons. The second-order valence-corrected chi connectivity index (χ2v) is 6.85. The largest absolute Gasteiger partial charge is 0.514 e. The molecular formula is C14H16N2O4S2. The van der Waals surface area contributed by atoms with E-state index in [0.29, 0.717) is 11.7 Å². The molecule has 0 saturated carbocycles. The number of benzene rings is 1. The van der Waals surface area contributed by atoms with Crippen LogP contribution in [0.5, 0.6) is 5.75 Å². The molecule has 1 unspecified atom stereocenters. The number of thioether (sulfide) groups is 1. The van der Waals surface area contributed by atoms with E-state index < -0.39 is 12.1 Å². The number of carbonyl (C=O) groups excluding carboxylic acids is 2. The number of thiol groups is 1. The van der Waals surface area contributed by atoms with E-state index in [9.17, 15) is 9.59 Å². The van der Waals surface area contributed by atoms with E-state index in [2.05, 4.69) is 22.9 Å². The molecular weight excluding hydrogens is 324 g/mol. The number of amides is 1. The second kappa shape index (κ2) is 7.55. The second-order valence-electron chi connectivity index (χ2n) is 4.69. The standard InChI is InChI=1S/C14H16N2O4S2/c1-8(2)19-14(18)20-10-6-4-3-5-9(10)12(17)16-13-15-7-11(21)22-13/h3-6,8,11,21H,7H2,1-2H3,(H,15,16,17). The Bertz CT molecular complexity index is 604. The molecule has 1 heterocycles. The van der Waals surface area contributed by atoms with Crippen molar-refractivity contribution in [3.8, 4) is 5.75 Å². The zero-order valence-corrected chi connectivity index (χ0v) is 13.8. The van der Waals surface area contributed by atoms with E-state index in [1.807, 2.05) is 0 Å². The lowest BCUT2D eigenvalue weighted by Gasteiger charge is -2.11. The first-order valence-corrected chi connectivity index (χ1v) is 8.03. The molecule has 6 nitrogen and oxygen atoms in total. The van der Waals surface area contributed by atoms with Crippen molar-refractivity contribution in [1.29, 1.82) is 0 Å². The monoisotopic (exact) mass is 340 g/mol. The van der Waals surface area contributed by atoms with Crippen LogP contribution < -0.4 is 10.1 Å². The number of hydrogen-bond donors (Lipinski definition) is 2. The summed E-state index contributed by atoms with van der Waals surface area (Å²) in [5.41, 5.74) is 0.231. The van der Waals surface area contributed by atoms with Crippen molar-refractivity contribution < 1.29 is 19.1 Å². The minimum absolute atomic E-state index is 0.0443. The fraction of sp³-hybridized carbons (Fsp3) is 0.357. The average molecular weight is 340 g/mol. The highest BCUT2D eigenvalue weighted by molar-refractivity contribution is 8.21. The number of hydrogen-bond acceptors (Lipinski definition) is 7. The molecule has 1 aromatic carbocycles. The van der Waals surface area contributed by atoms with Crippen LogP contribution in [0, 0.1) is 0 Å². The van der Waals surface area contributed by atoms with Crippen LogP contribution in [0.25, 0.3) is 0 Å². The summed E-state index contributed by atoms with van der Waals surface area (Å²) in [6, 6.07) is 6.44. The summed E-state index contributed by atoms with van der Waals surface area (Å²) < 4.78 is 10.0. The van der Waals surface area contributed by atoms with Crippen molar-refractivity contribution in [2.75, 3.05) is 6.54 Å². The highest BCUT2D eigenvalue weighted by atomic mass is 32.2. The molecule has 1 amide bonds. The highest BCUT2D eigenvalue weighted by Gasteiger charge is 2.21. The highest BCUT2D eigenvalue weighted by Crippen LogP contribution is 2.24. The lowest BCUT2D eigenvalue weighted by Crippen LogP contribution is -2.28. The normalized spacial score (nSPS) is 17.1. The molecule has 1 atom stereocenters. The number of rotatable bonds is 3. The van der Waals surface area contributed by atoms with Gasteiger partial charge in [0.2, 0.25) is 0 Å². The van der Waals surface area contributed by atoms with Crippen LogP contribution in [0.2, 0.25) is 0 Å². The van der Waals surface area contributed by atoms with E-state index in [4.69, 9.17) is 9.47 Å². The van der Waals surface area contributed by atoms with Gasteiger partial charge in [0.05, 0.1) is 22.8 Å². The Labute approximate surface area is 138 Å². The van der Waals surface area contributed by atoms with Crippen molar-refractivity contribution in [2.45, 2.75) is 24.5 Å². The van der Waals surface area contributed by atoms with Crippen molar-refractivity contribution in [3.63, 3.8) is 0 Å². The maximum Gasteiger partial charge on any atom is 0.514 e. The van der Waals surface area contributed by atoms with Gasteiger partial charge in [-0.1, -0.05) is 23.9 Å². The molecule has 1 aliphatic heterocycles. The van der Waals surface area contributed by atoms with Crippen LogP contribution >= 0.6 is 24.4 Å². The van der Waals surface area contributed by atoms with E-state index in [-0.39, 0.29) is 22.0 Å². The first-order valence-electron chi connectivity index (χ1n) is 6.63. The molecule has 0 saturated heterocycles. The van der Waals surface area contributed by atoms with Crippen LogP contribution in [-0.2, 0) is 4.74 Å². The maximum absolute atomic E-state index is 12.3. The molecule has 0 aliphatic carbocycles. The molecule has 0 bridgehead atoms. The predicted molar refractivity (Wildman–Crippen MR) is 88.8 cm³/mol. The van der Waals surface area contributed by atoms with Gasteiger partial charge >= 0.3 is 6.16 Å². The fourth-order valence-corrected chi connectivity index (χ4v) is 2.74. The Morgan fingerprint density at radius 1 is 1.41 bits per heavy atom. The Morgan fingerprint density at radius 2 is 2.14 bits per heavy atom. The summed E-state index contributed by atoms with van der Waals surface area (Å²) in [7, 11) is 0. The number of nitrogens with one attached hydrogen (secondary N) is 1. The molecule has 0 fully saturated rings. The Balaban J connectivity index is 2.07. The molecule has 22 heavy (non-hydrogen) atoms. The number of nitrogens with zero attached hydrogens (tertiary/aromatic N) is 1. The quantitative estimate of drug-likeness (QED) is 0.503. The first kappa shape index (κ1) is 16.7. The smallest absolute Gasteiger partial charge is 0.431 e. The Morgan fingerprint density at radius 3 is 2.77 bits per heavy atom. The van der Waals surface area contributed by atoms with Crippen LogP contribution in [0.1, 0.15) is 24.2 Å². The van der Waals surface area contributed by atoms with Crippen molar-refractivity contribution in [2.24, 2.45) is 4.99 Å². The summed E-state index contributed by atoms with van der Waals surface area (Å²) in [4.78, 5) is 28.0. The summed E-state index contributed by atoms with van der Waals surface area (Å²) in [6.45, 7) is 3.97. The van der Waals surface area contributed by atoms with Crippen LogP contribution in [0.3, 0.4) is 0 Å². The number of aliphatic imine (C=N–C) groups is 1. The van der Waals surface area contributed by atoms with Gasteiger partial charge < -0.3 is 14.8 Å². The van der Waals surface area contributed by atoms with Gasteiger partial charge in [0, 0.05) is 0 Å². The Kier molecular flexibility index (Phi) is 5.73. The summed E-state index contributed by atoms with van der Waals surface area (Å²) in [5, 5.41) is 3.18. The summed E-state index contributed by atoms with van der Waals surface area (Å²) >= 11 is 5.64. The van der Waals surface area contributed by atoms with Gasteiger partial charge in [-0.05, 0) is 26.0 Å². The molecule has 8 heteroatoms. The molecule has 1 aliphatic rings. The van der Waals surface area contributed by atoms with Gasteiger partial charge in [-0.15, -0.1) is 0 Å². The third kappa shape index (κ3) is 4.67. The lowest BCUT2D eigenvalue weighted by atomic mass is 10.2. The molecule has 118 valence electrons. The topological polar surface area (TPSA) is 77.0 Å². The molecule has 1 N–H and O–H groups in total. The van der Waals surface area contributed by atoms with Crippen molar-refractivity contribution in [1.82, 2.24) is 5.32 Å². The lowest BCUT2D eigenvalue weighted by molar-refractivity contribution is 0.0724. The van der Waals surface area contributed by atoms with Gasteiger partial charge in [-0.2, -0.15) is 12.6 Å². The zero-order valence-electron chi connectivity index (χ0n) is 12.1. The zero-order chi connectivity index (χ0) is 16.1. The third-order valence-electron chi connectivity index (χ3n) is 2.52. The summed E-state index contributed by atoms with van der Waals surface area (Å²) in [6.07, 6.45) is -1.15. The summed E-state index contributed by atoms with van der Waals surface area (Å²) in [5.74, 6) is -0.265. The van der Waals surface area contributed by atoms with Gasteiger partial charge in [0.25, 0.3) is 5.91 Å². The molecule has 1 aromatic rings. The van der Waals surface area contributed by atoms with Gasteiger partial charge in [0.15, 0.2) is 5.17 Å². The average Bonchev–Trinajstić information content (AvgIpc) is 2.83. The van der Waals surface area contributed by atoms with Gasteiger partial charge in [-0.3, -0.25) is 9.79 Å². The van der Waals surface area contributed by atoms with E-state index in [1.165, 1.54) is 17.8 Å². The van der Waals surface area contributed by atoms with E-state index in [0.717, 1.165) is 0 Å². The number of carbonyl (C=O) groups is 2. The van der Waals surface area contributed by atoms with Crippen LogP contribution in [0.4, 0.5) is 4.79 Å². The molecule has 0 aromatic heterocycles. The van der Waals surface area contributed by atoms with Crippen LogP contribution in [0.15, 0.2) is 29.3 Å². The van der Waals surface area contributed by atoms with E-state index in [1.54, 1.807) is 32.0 Å². The number of para-hydroxylation sites is 1. The van der Waals surface area contributed by atoms with Crippen LogP contribution in [-0.4, -0.2) is 34.5 Å². The maximum atomic E-state index is 12.3. The van der Waals surface area contributed by atoms with Gasteiger partial charge in [-0.25, -0.2) is 4.79 Å². The number of ether oxygens (including phenoxy) is 2. The Hall–Kier alpha value is -1.67. The minimum Gasteiger partial charge on any atom is -0.431 e. The van der Waals surface area contributed by atoms with Crippen molar-refractivity contribution in [3.05, 3.63) is 29.8 Å². The third-order valence-corrected chi connectivity index (χ3v) is 3.87. The van der Waals surface area contributed by atoms with Crippen molar-refractivity contribution >= 4 is 41.6 Å². The molecule has 2 rings (SSSR count).